The molecule has 3 nitrogen and oxygen atoms in total. The zero-order valence-electron chi connectivity index (χ0n) is 43.9. The summed E-state index contributed by atoms with van der Waals surface area (Å²) >= 11 is 0. The number of hydrogen-bond donors (Lipinski definition) is 0. The van der Waals surface area contributed by atoms with Gasteiger partial charge in [0.15, 0.2) is 0 Å². The Morgan fingerprint density at radius 1 is 0.291 bits per heavy atom. The van der Waals surface area contributed by atoms with E-state index >= 15 is 0 Å². The smallest absolute Gasteiger partial charge is 0.0714 e. The average molecular weight is 1010 g/mol. The first kappa shape index (κ1) is 46.4. The van der Waals surface area contributed by atoms with Crippen molar-refractivity contribution in [2.24, 2.45) is 0 Å². The molecule has 0 saturated heterocycles. The molecule has 374 valence electrons. The molecule has 0 fully saturated rings. The molecule has 0 spiro atoms. The summed E-state index contributed by atoms with van der Waals surface area (Å²) in [7, 11) is 0. The Kier molecular flexibility index (Phi) is 10.9. The average Bonchev–Trinajstić information content (AvgIpc) is 4.10. The van der Waals surface area contributed by atoms with Crippen LogP contribution in [0.1, 0.15) is 51.4 Å². The lowest BCUT2D eigenvalue weighted by Crippen LogP contribution is -2.28. The third-order valence-electron chi connectivity index (χ3n) is 17.1. The number of aromatic nitrogens is 1. The van der Waals surface area contributed by atoms with E-state index in [9.17, 15) is 0 Å². The molecular formula is C76H55N3. The van der Waals surface area contributed by atoms with E-state index < -0.39 is 10.8 Å². The van der Waals surface area contributed by atoms with Gasteiger partial charge in [0, 0.05) is 45.6 Å². The van der Waals surface area contributed by atoms with Gasteiger partial charge in [0.25, 0.3) is 0 Å². The minimum atomic E-state index is -0.564. The molecule has 0 aliphatic heterocycles. The van der Waals surface area contributed by atoms with Crippen LogP contribution < -0.4 is 9.80 Å². The quantitative estimate of drug-likeness (QED) is 0.128. The summed E-state index contributed by atoms with van der Waals surface area (Å²) in [6.07, 6.45) is 0. The Morgan fingerprint density at radius 2 is 0.709 bits per heavy atom. The van der Waals surface area contributed by atoms with Gasteiger partial charge in [0.05, 0.1) is 27.7 Å². The molecule has 0 bridgehead atoms. The highest BCUT2D eigenvalue weighted by atomic mass is 15.2. The van der Waals surface area contributed by atoms with E-state index in [4.69, 9.17) is 0 Å². The number of para-hydroxylation sites is 3. The second kappa shape index (κ2) is 18.7. The van der Waals surface area contributed by atoms with Gasteiger partial charge in [-0.1, -0.05) is 237 Å². The van der Waals surface area contributed by atoms with Crippen LogP contribution in [-0.2, 0) is 17.4 Å². The van der Waals surface area contributed by atoms with E-state index in [-0.39, 0.29) is 0 Å². The maximum Gasteiger partial charge on any atom is 0.0714 e. The maximum atomic E-state index is 2.52. The fourth-order valence-corrected chi connectivity index (χ4v) is 14.0. The van der Waals surface area contributed by atoms with E-state index in [1.165, 1.54) is 88.6 Å². The zero-order valence-corrected chi connectivity index (χ0v) is 43.9. The molecule has 79 heavy (non-hydrogen) atoms. The number of fused-ring (bicyclic) bond motifs is 9. The minimum absolute atomic E-state index is 0.516. The molecule has 1 heterocycles. The van der Waals surface area contributed by atoms with Gasteiger partial charge in [-0.15, -0.1) is 0 Å². The lowest BCUT2D eigenvalue weighted by molar-refractivity contribution is 0.768. The van der Waals surface area contributed by atoms with Crippen molar-refractivity contribution in [3.63, 3.8) is 0 Å². The highest BCUT2D eigenvalue weighted by molar-refractivity contribution is 6.17. The summed E-state index contributed by atoms with van der Waals surface area (Å²) in [4.78, 5) is 5.01. The first-order chi connectivity index (χ1) is 39.2. The number of hydrogen-bond acceptors (Lipinski definition) is 2. The van der Waals surface area contributed by atoms with Gasteiger partial charge in [-0.25, -0.2) is 0 Å². The summed E-state index contributed by atoms with van der Waals surface area (Å²) < 4.78 is 2.51. The topological polar surface area (TPSA) is 11.4 Å². The van der Waals surface area contributed by atoms with Gasteiger partial charge >= 0.3 is 0 Å². The molecule has 13 aromatic rings. The summed E-state index contributed by atoms with van der Waals surface area (Å²) in [5.41, 5.74) is 22.9. The first-order valence-electron chi connectivity index (χ1n) is 27.6. The molecule has 0 N–H and O–H groups in total. The number of rotatable bonds is 11. The second-order valence-corrected chi connectivity index (χ2v) is 21.0. The lowest BCUT2D eigenvalue weighted by Gasteiger charge is -2.35. The highest BCUT2D eigenvalue weighted by Gasteiger charge is 2.48. The van der Waals surface area contributed by atoms with Gasteiger partial charge in [-0.3, -0.25) is 0 Å². The summed E-state index contributed by atoms with van der Waals surface area (Å²) in [6, 6.07) is 113. The van der Waals surface area contributed by atoms with Gasteiger partial charge in [-0.2, -0.15) is 0 Å². The van der Waals surface area contributed by atoms with Crippen molar-refractivity contribution in [2.75, 3.05) is 9.80 Å². The molecule has 0 atom stereocenters. The summed E-state index contributed by atoms with van der Waals surface area (Å²) in [5.74, 6) is 0. The predicted molar refractivity (Wildman–Crippen MR) is 329 cm³/mol. The van der Waals surface area contributed by atoms with Crippen LogP contribution in [0.2, 0.25) is 0 Å². The van der Waals surface area contributed by atoms with Crippen LogP contribution in [0.5, 0.6) is 0 Å². The molecule has 0 saturated carbocycles. The van der Waals surface area contributed by atoms with E-state index in [2.05, 4.69) is 325 Å². The van der Waals surface area contributed by atoms with Crippen LogP contribution in [0.4, 0.5) is 34.1 Å². The number of aryl methyl sites for hydroxylation is 1. The van der Waals surface area contributed by atoms with Gasteiger partial charge < -0.3 is 14.4 Å². The monoisotopic (exact) mass is 1010 g/mol. The molecule has 12 aromatic carbocycles. The standard InChI is InChI=1S/C76H55N3/c1-2-77-71-44-26-23-41-65(71)74-72(77)51-61(78(57-35-17-7-18-36-57)60-45-47-64-62-39-21-24-42-67(62)76(70(64)50-60,55-31-13-5-14-32-55)56-33-15-6-16-34-56)52-73(74)79(58-37-19-8-20-38-58)59-46-48-69-66(49-59)63-40-22-25-43-68(63)75(69,53-27-9-3-10-28-53)54-29-11-4-12-30-54/h3-52H,2H2,1H3. The van der Waals surface area contributed by atoms with Crippen LogP contribution in [0, 0.1) is 0 Å². The lowest BCUT2D eigenvalue weighted by atomic mass is 9.67. The molecule has 15 rings (SSSR count). The van der Waals surface area contributed by atoms with E-state index in [0.717, 1.165) is 40.7 Å². The largest absolute Gasteiger partial charge is 0.341 e. The van der Waals surface area contributed by atoms with Crippen LogP contribution in [0.3, 0.4) is 0 Å². The second-order valence-electron chi connectivity index (χ2n) is 21.0. The molecule has 3 heteroatoms. The van der Waals surface area contributed by atoms with Crippen molar-refractivity contribution in [2.45, 2.75) is 24.3 Å². The third kappa shape index (κ3) is 6.92. The summed E-state index contributed by atoms with van der Waals surface area (Å²) in [5, 5.41) is 2.43. The van der Waals surface area contributed by atoms with Crippen molar-refractivity contribution in [3.8, 4) is 22.3 Å². The Balaban J connectivity index is 1.01. The Morgan fingerprint density at radius 3 is 1.27 bits per heavy atom. The Hall–Kier alpha value is -9.96. The van der Waals surface area contributed by atoms with Crippen molar-refractivity contribution in [1.82, 2.24) is 4.57 Å². The fraction of sp³-hybridized carbons (Fsp3) is 0.0526. The van der Waals surface area contributed by atoms with Crippen LogP contribution in [0.15, 0.2) is 303 Å². The van der Waals surface area contributed by atoms with Crippen LogP contribution in [-0.4, -0.2) is 4.57 Å². The zero-order chi connectivity index (χ0) is 52.5. The molecule has 0 unspecified atom stereocenters. The molecule has 2 aliphatic rings. The number of anilines is 6. The van der Waals surface area contributed by atoms with Crippen molar-refractivity contribution >= 4 is 55.9 Å². The highest BCUT2D eigenvalue weighted by Crippen LogP contribution is 2.60. The predicted octanol–water partition coefficient (Wildman–Crippen LogP) is 19.5. The molecular weight excluding hydrogens is 955 g/mol. The van der Waals surface area contributed by atoms with Crippen molar-refractivity contribution < 1.29 is 0 Å². The third-order valence-corrected chi connectivity index (χ3v) is 17.1. The van der Waals surface area contributed by atoms with Crippen LogP contribution in [0.25, 0.3) is 44.1 Å². The summed E-state index contributed by atoms with van der Waals surface area (Å²) in [6.45, 7) is 3.07. The normalized spacial score (nSPS) is 13.4. The SMILES string of the molecule is CCn1c2ccccc2c2c(N(c3ccccc3)c3ccc4c(c3)-c3ccccc3C4(c3ccccc3)c3ccccc3)cc(N(c3ccccc3)c3ccc4c(c3)C(c3ccccc3)(c3ccccc3)c3ccccc3-4)cc21. The Bertz CT molecular complexity index is 4320. The Labute approximate surface area is 462 Å². The molecule has 0 radical (unpaired) electrons. The number of nitrogens with zero attached hydrogens (tertiary/aromatic N) is 3. The molecule has 0 amide bonds. The van der Waals surface area contributed by atoms with E-state index in [1.54, 1.807) is 0 Å². The van der Waals surface area contributed by atoms with Gasteiger partial charge in [0.2, 0.25) is 0 Å². The molecule has 1 aromatic heterocycles. The fourth-order valence-electron chi connectivity index (χ4n) is 14.0. The first-order valence-corrected chi connectivity index (χ1v) is 27.6. The number of benzene rings is 12. The van der Waals surface area contributed by atoms with Gasteiger partial charge in [-0.05, 0) is 140 Å². The van der Waals surface area contributed by atoms with E-state index in [1.807, 2.05) is 0 Å². The van der Waals surface area contributed by atoms with Crippen molar-refractivity contribution in [1.29, 1.82) is 0 Å². The van der Waals surface area contributed by atoms with E-state index in [0.29, 0.717) is 0 Å². The van der Waals surface area contributed by atoms with Gasteiger partial charge in [0.1, 0.15) is 0 Å². The van der Waals surface area contributed by atoms with Crippen molar-refractivity contribution in [3.05, 3.63) is 348 Å². The van der Waals surface area contributed by atoms with Crippen LogP contribution >= 0.6 is 0 Å². The minimum Gasteiger partial charge on any atom is -0.341 e. The molecule has 2 aliphatic carbocycles. The maximum absolute atomic E-state index is 2.52.